The average Bonchev–Trinajstić information content (AvgIpc) is 3.20. The molecule has 0 saturated heterocycles. The molecular formula is C13H18ClN5S. The maximum Gasteiger partial charge on any atom is 0.195 e. The molecule has 20 heavy (non-hydrogen) atoms. The molecule has 0 aromatic carbocycles. The van der Waals surface area contributed by atoms with Gasteiger partial charge >= 0.3 is 0 Å². The second-order valence-electron chi connectivity index (χ2n) is 4.66. The van der Waals surface area contributed by atoms with Gasteiger partial charge in [0.05, 0.1) is 16.8 Å². The van der Waals surface area contributed by atoms with Crippen LogP contribution < -0.4 is 16.4 Å². The van der Waals surface area contributed by atoms with Gasteiger partial charge in [-0.1, -0.05) is 11.6 Å². The Kier molecular flexibility index (Phi) is 5.55. The van der Waals surface area contributed by atoms with Crippen molar-refractivity contribution in [3.63, 3.8) is 0 Å². The minimum absolute atomic E-state index is 0.386. The highest BCUT2D eigenvalue weighted by molar-refractivity contribution is 7.80. The monoisotopic (exact) mass is 311 g/mol. The van der Waals surface area contributed by atoms with Crippen LogP contribution in [0.1, 0.15) is 25.0 Å². The molecule has 0 spiro atoms. The third-order valence-electron chi connectivity index (χ3n) is 2.82. The molecular weight excluding hydrogens is 294 g/mol. The summed E-state index contributed by atoms with van der Waals surface area (Å²) < 4.78 is 0. The molecule has 1 aliphatic carbocycles. The number of aryl methyl sites for hydroxylation is 1. The van der Waals surface area contributed by atoms with Gasteiger partial charge in [-0.25, -0.2) is 4.99 Å². The molecule has 1 aromatic heterocycles. The minimum Gasteiger partial charge on any atom is -0.370 e. The molecule has 0 amide bonds. The fourth-order valence-corrected chi connectivity index (χ4v) is 2.08. The second-order valence-corrected chi connectivity index (χ2v) is 5.48. The van der Waals surface area contributed by atoms with Crippen molar-refractivity contribution in [1.29, 1.82) is 0 Å². The smallest absolute Gasteiger partial charge is 0.195 e. The first kappa shape index (κ1) is 15.0. The molecule has 0 atom stereocenters. The van der Waals surface area contributed by atoms with Crippen LogP contribution in [0.5, 0.6) is 0 Å². The lowest BCUT2D eigenvalue weighted by Crippen LogP contribution is -2.43. The number of nitrogens with one attached hydrogen (secondary N) is 2. The van der Waals surface area contributed by atoms with Gasteiger partial charge in [-0.3, -0.25) is 4.98 Å². The van der Waals surface area contributed by atoms with Crippen molar-refractivity contribution in [1.82, 2.24) is 15.6 Å². The van der Waals surface area contributed by atoms with E-state index in [-0.39, 0.29) is 0 Å². The normalized spacial score (nSPS) is 14.9. The predicted molar refractivity (Wildman–Crippen MR) is 85.9 cm³/mol. The molecule has 1 aromatic rings. The van der Waals surface area contributed by atoms with Crippen molar-refractivity contribution < 1.29 is 0 Å². The van der Waals surface area contributed by atoms with E-state index in [1.54, 1.807) is 6.20 Å². The van der Waals surface area contributed by atoms with Crippen molar-refractivity contribution in [2.45, 2.75) is 31.7 Å². The van der Waals surface area contributed by atoms with Gasteiger partial charge in [0.25, 0.3) is 0 Å². The number of hydrogen-bond donors (Lipinski definition) is 3. The molecule has 2 rings (SSSR count). The van der Waals surface area contributed by atoms with Crippen LogP contribution in [-0.4, -0.2) is 28.6 Å². The van der Waals surface area contributed by atoms with E-state index in [2.05, 4.69) is 20.6 Å². The van der Waals surface area contributed by atoms with Crippen molar-refractivity contribution in [2.24, 2.45) is 10.7 Å². The van der Waals surface area contributed by atoms with Gasteiger partial charge in [-0.15, -0.1) is 0 Å². The van der Waals surface area contributed by atoms with Gasteiger partial charge in [0, 0.05) is 12.7 Å². The molecule has 0 bridgehead atoms. The Morgan fingerprint density at radius 1 is 1.55 bits per heavy atom. The van der Waals surface area contributed by atoms with Gasteiger partial charge < -0.3 is 16.4 Å². The first-order chi connectivity index (χ1) is 9.65. The van der Waals surface area contributed by atoms with Crippen LogP contribution in [0.3, 0.4) is 0 Å². The third-order valence-corrected chi connectivity index (χ3v) is 3.41. The zero-order valence-electron chi connectivity index (χ0n) is 11.1. The number of aromatic nitrogens is 1. The quantitative estimate of drug-likeness (QED) is 0.333. The number of halogens is 1. The molecule has 1 heterocycles. The maximum atomic E-state index is 6.04. The molecule has 0 unspecified atom stereocenters. The van der Waals surface area contributed by atoms with E-state index in [1.807, 2.05) is 12.1 Å². The Hall–Kier alpha value is -1.40. The van der Waals surface area contributed by atoms with Crippen molar-refractivity contribution in [3.05, 3.63) is 29.0 Å². The average molecular weight is 312 g/mol. The highest BCUT2D eigenvalue weighted by Crippen LogP contribution is 2.22. The number of rotatable bonds is 5. The van der Waals surface area contributed by atoms with E-state index >= 15 is 0 Å². The maximum absolute atomic E-state index is 6.04. The molecule has 1 aliphatic rings. The molecule has 0 aliphatic heterocycles. The molecule has 5 nitrogen and oxygen atoms in total. The summed E-state index contributed by atoms with van der Waals surface area (Å²) in [6.07, 6.45) is 5.68. The van der Waals surface area contributed by atoms with Crippen LogP contribution in [0.15, 0.2) is 23.3 Å². The number of aliphatic imine (C=N–C) groups is 1. The minimum atomic E-state index is 0.386. The SMILES string of the molecule is NC(=NC1CC1)NC(=S)NCCCc1ncccc1Cl. The van der Waals surface area contributed by atoms with Crippen LogP contribution in [0.25, 0.3) is 0 Å². The van der Waals surface area contributed by atoms with Crippen LogP contribution in [-0.2, 0) is 6.42 Å². The zero-order valence-corrected chi connectivity index (χ0v) is 12.7. The topological polar surface area (TPSA) is 75.3 Å². The number of hydrogen-bond acceptors (Lipinski definition) is 3. The molecule has 1 fully saturated rings. The summed E-state index contributed by atoms with van der Waals surface area (Å²) in [5, 5.41) is 7.16. The largest absolute Gasteiger partial charge is 0.370 e. The first-order valence-electron chi connectivity index (χ1n) is 6.62. The van der Waals surface area contributed by atoms with Crippen molar-refractivity contribution in [2.75, 3.05) is 6.54 Å². The van der Waals surface area contributed by atoms with E-state index in [4.69, 9.17) is 29.6 Å². The summed E-state index contributed by atoms with van der Waals surface area (Å²) in [6.45, 7) is 0.732. The Balaban J connectivity index is 1.63. The summed E-state index contributed by atoms with van der Waals surface area (Å²) >= 11 is 11.2. The highest BCUT2D eigenvalue weighted by Gasteiger charge is 2.20. The Morgan fingerprint density at radius 2 is 2.35 bits per heavy atom. The van der Waals surface area contributed by atoms with Crippen LogP contribution in [0.4, 0.5) is 0 Å². The summed E-state index contributed by atoms with van der Waals surface area (Å²) in [6, 6.07) is 4.06. The summed E-state index contributed by atoms with van der Waals surface area (Å²) in [4.78, 5) is 8.48. The Bertz CT molecular complexity index is 501. The first-order valence-corrected chi connectivity index (χ1v) is 7.41. The Morgan fingerprint density at radius 3 is 3.05 bits per heavy atom. The lowest BCUT2D eigenvalue weighted by atomic mass is 10.2. The number of guanidine groups is 1. The molecule has 4 N–H and O–H groups in total. The summed E-state index contributed by atoms with van der Waals surface area (Å²) in [5.74, 6) is 0.387. The van der Waals surface area contributed by atoms with Gasteiger partial charge in [0.15, 0.2) is 11.1 Å². The van der Waals surface area contributed by atoms with E-state index in [1.165, 1.54) is 0 Å². The van der Waals surface area contributed by atoms with Gasteiger partial charge in [0.2, 0.25) is 0 Å². The predicted octanol–water partition coefficient (Wildman–Crippen LogP) is 1.61. The molecule has 0 radical (unpaired) electrons. The van der Waals surface area contributed by atoms with Crippen molar-refractivity contribution in [3.8, 4) is 0 Å². The van der Waals surface area contributed by atoms with E-state index in [9.17, 15) is 0 Å². The lowest BCUT2D eigenvalue weighted by Gasteiger charge is -2.09. The molecule has 108 valence electrons. The fourth-order valence-electron chi connectivity index (χ4n) is 1.65. The highest BCUT2D eigenvalue weighted by atomic mass is 35.5. The van der Waals surface area contributed by atoms with Crippen LogP contribution in [0.2, 0.25) is 5.02 Å². The third kappa shape index (κ3) is 5.30. The number of nitrogens with two attached hydrogens (primary N) is 1. The Labute approximate surface area is 129 Å². The van der Waals surface area contributed by atoms with E-state index in [0.717, 1.165) is 37.9 Å². The van der Waals surface area contributed by atoms with E-state index < -0.39 is 0 Å². The standard InChI is InChI=1S/C13H18ClN5S/c14-10-3-1-7-16-11(10)4-2-8-17-13(20)19-12(15)18-9-5-6-9/h1,3,7,9H,2,4-6,8H2,(H4,15,17,18,19,20). The summed E-state index contributed by atoms with van der Waals surface area (Å²) in [7, 11) is 0. The zero-order chi connectivity index (χ0) is 14.4. The van der Waals surface area contributed by atoms with E-state index in [0.29, 0.717) is 22.1 Å². The van der Waals surface area contributed by atoms with Crippen LogP contribution >= 0.6 is 23.8 Å². The number of thiocarbonyl (C=S) groups is 1. The van der Waals surface area contributed by atoms with Crippen molar-refractivity contribution >= 4 is 34.9 Å². The van der Waals surface area contributed by atoms with Gasteiger partial charge in [-0.2, -0.15) is 0 Å². The number of nitrogens with zero attached hydrogens (tertiary/aromatic N) is 2. The van der Waals surface area contributed by atoms with Gasteiger partial charge in [0.1, 0.15) is 0 Å². The van der Waals surface area contributed by atoms with Crippen LogP contribution in [0, 0.1) is 0 Å². The fraction of sp³-hybridized carbons (Fsp3) is 0.462. The number of pyridine rings is 1. The summed E-state index contributed by atoms with van der Waals surface area (Å²) in [5.41, 5.74) is 6.62. The van der Waals surface area contributed by atoms with Gasteiger partial charge in [-0.05, 0) is 50.0 Å². The molecule has 7 heteroatoms. The molecule has 1 saturated carbocycles. The lowest BCUT2D eigenvalue weighted by molar-refractivity contribution is 0.757. The second kappa shape index (κ2) is 7.40.